The Kier molecular flexibility index (Phi) is 4.43. The number of alkyl halides is 3. The number of aromatic nitrogens is 1. The van der Waals surface area contributed by atoms with Crippen molar-refractivity contribution in [1.82, 2.24) is 4.98 Å². The number of furan rings is 1. The molecule has 1 aliphatic carbocycles. The number of oxime groups is 1. The molecule has 0 atom stereocenters. The van der Waals surface area contributed by atoms with Crippen LogP contribution in [0.3, 0.4) is 0 Å². The van der Waals surface area contributed by atoms with Gasteiger partial charge in [0.05, 0.1) is 23.2 Å². The summed E-state index contributed by atoms with van der Waals surface area (Å²) in [5.74, 6) is 0.426. The molecule has 1 aliphatic rings. The largest absolute Gasteiger partial charge is 0.452 e. The molecule has 0 spiro atoms. The Morgan fingerprint density at radius 2 is 1.84 bits per heavy atom. The molecule has 2 aromatic heterocycles. The van der Waals surface area contributed by atoms with E-state index >= 15 is 0 Å². The van der Waals surface area contributed by atoms with E-state index in [1.165, 1.54) is 12.1 Å². The maximum absolute atomic E-state index is 13.0. The van der Waals surface area contributed by atoms with Crippen LogP contribution < -0.4 is 5.32 Å². The third-order valence-corrected chi connectivity index (χ3v) is 5.40. The van der Waals surface area contributed by atoms with Crippen LogP contribution in [0.15, 0.2) is 70.5 Å². The number of aryl methyl sites for hydroxylation is 1. The van der Waals surface area contributed by atoms with Crippen molar-refractivity contribution in [3.63, 3.8) is 0 Å². The minimum atomic E-state index is -4.40. The lowest BCUT2D eigenvalue weighted by atomic mass is 10.1. The van der Waals surface area contributed by atoms with E-state index in [0.717, 1.165) is 40.8 Å². The molecule has 5 nitrogen and oxygen atoms in total. The predicted molar refractivity (Wildman–Crippen MR) is 111 cm³/mol. The Morgan fingerprint density at radius 1 is 1.03 bits per heavy atom. The first kappa shape index (κ1) is 19.2. The van der Waals surface area contributed by atoms with Gasteiger partial charge in [-0.1, -0.05) is 23.4 Å². The van der Waals surface area contributed by atoms with Gasteiger partial charge in [0.2, 0.25) is 0 Å². The summed E-state index contributed by atoms with van der Waals surface area (Å²) < 4.78 is 44.8. The number of pyridine rings is 1. The van der Waals surface area contributed by atoms with Crippen LogP contribution in [0.2, 0.25) is 0 Å². The summed E-state index contributed by atoms with van der Waals surface area (Å²) in [4.78, 5) is 4.07. The van der Waals surface area contributed by atoms with Crippen LogP contribution in [0, 0.1) is 0 Å². The summed E-state index contributed by atoms with van der Waals surface area (Å²) in [6.45, 7) is 0. The zero-order chi connectivity index (χ0) is 21.6. The van der Waals surface area contributed by atoms with E-state index in [9.17, 15) is 13.2 Å². The van der Waals surface area contributed by atoms with Gasteiger partial charge in [0, 0.05) is 28.4 Å². The highest BCUT2D eigenvalue weighted by atomic mass is 19.4. The fourth-order valence-electron chi connectivity index (χ4n) is 3.88. The molecule has 0 bridgehead atoms. The van der Waals surface area contributed by atoms with Crippen molar-refractivity contribution in [3.05, 3.63) is 77.6 Å². The molecule has 0 unspecified atom stereocenters. The first-order valence-corrected chi connectivity index (χ1v) is 9.59. The van der Waals surface area contributed by atoms with Gasteiger partial charge in [0.1, 0.15) is 0 Å². The molecule has 4 aromatic rings. The fraction of sp³-hybridized carbons (Fsp3) is 0.130. The summed E-state index contributed by atoms with van der Waals surface area (Å²) in [5, 5.41) is 16.6. The molecule has 8 heteroatoms. The van der Waals surface area contributed by atoms with E-state index in [0.29, 0.717) is 34.7 Å². The van der Waals surface area contributed by atoms with E-state index in [2.05, 4.69) is 15.5 Å². The standard InChI is InChI=1S/C23H16F3N3O2/c24-23(25,26)15-4-1-13(2-5-15)22-21(18-9-10-27-12-20(18)31-22)28-16-6-7-17-14(11-16)3-8-19(17)29-30/h1-2,4-7,9-12,28,30H,3,8H2/b29-19+. The number of nitrogens with zero attached hydrogens (tertiary/aromatic N) is 2. The van der Waals surface area contributed by atoms with Crippen LogP contribution in [-0.4, -0.2) is 15.9 Å². The van der Waals surface area contributed by atoms with Crippen molar-refractivity contribution in [1.29, 1.82) is 0 Å². The van der Waals surface area contributed by atoms with Crippen molar-refractivity contribution in [2.24, 2.45) is 5.16 Å². The average molecular weight is 423 g/mol. The normalized spacial score (nSPS) is 14.9. The van der Waals surface area contributed by atoms with Crippen LogP contribution in [0.5, 0.6) is 0 Å². The van der Waals surface area contributed by atoms with Crippen molar-refractivity contribution in [2.75, 3.05) is 5.32 Å². The average Bonchev–Trinajstić information content (AvgIpc) is 3.34. The molecule has 0 aliphatic heterocycles. The zero-order valence-electron chi connectivity index (χ0n) is 16.1. The van der Waals surface area contributed by atoms with Crippen molar-refractivity contribution >= 4 is 28.1 Å². The van der Waals surface area contributed by atoms with Crippen molar-refractivity contribution in [2.45, 2.75) is 19.0 Å². The number of rotatable bonds is 3. The predicted octanol–water partition coefficient (Wildman–Crippen LogP) is 6.38. The minimum absolute atomic E-state index is 0.426. The number of anilines is 2. The van der Waals surface area contributed by atoms with Crippen LogP contribution in [-0.2, 0) is 12.6 Å². The van der Waals surface area contributed by atoms with E-state index in [1.807, 2.05) is 18.2 Å². The SMILES string of the molecule is O/N=C1\CCc2cc(Nc3c(-c4ccc(C(F)(F)F)cc4)oc4cnccc34)ccc21. The Hall–Kier alpha value is -3.81. The molecule has 2 heterocycles. The smallest absolute Gasteiger partial charge is 0.416 e. The Labute approximate surface area is 174 Å². The van der Waals surface area contributed by atoms with E-state index < -0.39 is 11.7 Å². The molecular weight excluding hydrogens is 407 g/mol. The van der Waals surface area contributed by atoms with Gasteiger partial charge in [-0.25, -0.2) is 0 Å². The summed E-state index contributed by atoms with van der Waals surface area (Å²) in [6, 6.07) is 12.4. The molecule has 2 N–H and O–H groups in total. The van der Waals surface area contributed by atoms with E-state index in [4.69, 9.17) is 9.62 Å². The van der Waals surface area contributed by atoms with Gasteiger partial charge in [-0.15, -0.1) is 0 Å². The third kappa shape index (κ3) is 3.39. The molecule has 0 saturated heterocycles. The number of benzene rings is 2. The topological polar surface area (TPSA) is 70.7 Å². The first-order chi connectivity index (χ1) is 14.9. The second kappa shape index (κ2) is 7.16. The molecule has 0 amide bonds. The second-order valence-electron chi connectivity index (χ2n) is 7.30. The lowest BCUT2D eigenvalue weighted by molar-refractivity contribution is -0.137. The molecule has 2 aromatic carbocycles. The monoisotopic (exact) mass is 423 g/mol. The van der Waals surface area contributed by atoms with Crippen LogP contribution in [0.1, 0.15) is 23.1 Å². The zero-order valence-corrected chi connectivity index (χ0v) is 16.1. The number of fused-ring (bicyclic) bond motifs is 2. The molecule has 5 rings (SSSR count). The quantitative estimate of drug-likeness (QED) is 0.296. The summed E-state index contributed by atoms with van der Waals surface area (Å²) in [7, 11) is 0. The third-order valence-electron chi connectivity index (χ3n) is 5.40. The maximum atomic E-state index is 13.0. The molecule has 0 fully saturated rings. The molecule has 0 saturated carbocycles. The number of hydrogen-bond donors (Lipinski definition) is 2. The highest BCUT2D eigenvalue weighted by Gasteiger charge is 2.30. The highest BCUT2D eigenvalue weighted by Crippen LogP contribution is 2.41. The lowest BCUT2D eigenvalue weighted by Gasteiger charge is -2.10. The summed E-state index contributed by atoms with van der Waals surface area (Å²) in [6.07, 6.45) is 0.240. The Morgan fingerprint density at radius 3 is 2.58 bits per heavy atom. The van der Waals surface area contributed by atoms with Crippen LogP contribution in [0.25, 0.3) is 22.3 Å². The molecule has 31 heavy (non-hydrogen) atoms. The fourth-order valence-corrected chi connectivity index (χ4v) is 3.88. The van der Waals surface area contributed by atoms with Crippen LogP contribution >= 0.6 is 0 Å². The Balaban J connectivity index is 1.57. The van der Waals surface area contributed by atoms with Crippen LogP contribution in [0.4, 0.5) is 24.5 Å². The number of halogens is 3. The van der Waals surface area contributed by atoms with E-state index in [-0.39, 0.29) is 0 Å². The maximum Gasteiger partial charge on any atom is 0.416 e. The molecule has 0 radical (unpaired) electrons. The van der Waals surface area contributed by atoms with Gasteiger partial charge in [-0.2, -0.15) is 13.2 Å². The summed E-state index contributed by atoms with van der Waals surface area (Å²) >= 11 is 0. The van der Waals surface area contributed by atoms with E-state index in [1.54, 1.807) is 18.5 Å². The van der Waals surface area contributed by atoms with Crippen molar-refractivity contribution < 1.29 is 22.8 Å². The minimum Gasteiger partial charge on any atom is -0.452 e. The number of nitrogens with one attached hydrogen (secondary N) is 1. The second-order valence-corrected chi connectivity index (χ2v) is 7.30. The van der Waals surface area contributed by atoms with Crippen molar-refractivity contribution in [3.8, 4) is 11.3 Å². The molecular formula is C23H16F3N3O2. The van der Waals surface area contributed by atoms with Gasteiger partial charge in [-0.05, 0) is 48.7 Å². The highest BCUT2D eigenvalue weighted by molar-refractivity contribution is 6.05. The van der Waals surface area contributed by atoms with Gasteiger partial charge in [0.15, 0.2) is 11.3 Å². The Bertz CT molecular complexity index is 1310. The lowest BCUT2D eigenvalue weighted by Crippen LogP contribution is -2.04. The number of hydrogen-bond acceptors (Lipinski definition) is 5. The summed E-state index contributed by atoms with van der Waals surface area (Å²) in [5.41, 5.74) is 4.39. The van der Waals surface area contributed by atoms with Gasteiger partial charge < -0.3 is 14.9 Å². The molecule has 156 valence electrons. The van der Waals surface area contributed by atoms with Gasteiger partial charge in [-0.3, -0.25) is 4.98 Å². The van der Waals surface area contributed by atoms with Gasteiger partial charge >= 0.3 is 6.18 Å². The first-order valence-electron chi connectivity index (χ1n) is 9.59. The van der Waals surface area contributed by atoms with Gasteiger partial charge in [0.25, 0.3) is 0 Å².